The van der Waals surface area contributed by atoms with Crippen LogP contribution in [0.1, 0.15) is 32.1 Å². The van der Waals surface area contributed by atoms with Crippen LogP contribution in [0.5, 0.6) is 0 Å². The van der Waals surface area contributed by atoms with Gasteiger partial charge in [0.15, 0.2) is 0 Å². The zero-order chi connectivity index (χ0) is 15.8. The van der Waals surface area contributed by atoms with E-state index in [1.165, 1.54) is 18.6 Å². The molecular formula is C15H21N3O4. The van der Waals surface area contributed by atoms with E-state index < -0.39 is 4.92 Å². The summed E-state index contributed by atoms with van der Waals surface area (Å²) < 4.78 is 5.11. The van der Waals surface area contributed by atoms with Crippen molar-refractivity contribution in [1.29, 1.82) is 0 Å². The predicted molar refractivity (Wildman–Crippen MR) is 82.9 cm³/mol. The molecule has 1 aliphatic rings. The van der Waals surface area contributed by atoms with Gasteiger partial charge in [-0.1, -0.05) is 19.3 Å². The van der Waals surface area contributed by atoms with Crippen LogP contribution in [0.3, 0.4) is 0 Å². The Morgan fingerprint density at radius 2 is 1.91 bits per heavy atom. The van der Waals surface area contributed by atoms with E-state index in [-0.39, 0.29) is 24.4 Å². The van der Waals surface area contributed by atoms with Crippen molar-refractivity contribution in [3.63, 3.8) is 0 Å². The highest BCUT2D eigenvalue weighted by atomic mass is 16.6. The molecule has 1 fully saturated rings. The van der Waals surface area contributed by atoms with Crippen LogP contribution in [0.4, 0.5) is 16.2 Å². The van der Waals surface area contributed by atoms with Crippen molar-refractivity contribution in [3.8, 4) is 0 Å². The van der Waals surface area contributed by atoms with Gasteiger partial charge in [-0.15, -0.1) is 0 Å². The van der Waals surface area contributed by atoms with Crippen LogP contribution < -0.4 is 10.6 Å². The minimum atomic E-state index is -0.442. The number of benzene rings is 1. The fourth-order valence-corrected chi connectivity index (χ4v) is 2.50. The highest BCUT2D eigenvalue weighted by Gasteiger charge is 2.15. The molecule has 7 nitrogen and oxygen atoms in total. The predicted octanol–water partition coefficient (Wildman–Crippen LogP) is 3.07. The third-order valence-corrected chi connectivity index (χ3v) is 3.67. The molecular weight excluding hydrogens is 286 g/mol. The lowest BCUT2D eigenvalue weighted by Crippen LogP contribution is -2.37. The van der Waals surface area contributed by atoms with E-state index in [2.05, 4.69) is 10.6 Å². The minimum absolute atomic E-state index is 0.0497. The number of hydrogen-bond acceptors (Lipinski definition) is 5. The van der Waals surface area contributed by atoms with Crippen LogP contribution in [-0.4, -0.2) is 30.2 Å². The molecule has 0 aliphatic heterocycles. The van der Waals surface area contributed by atoms with Gasteiger partial charge in [0.2, 0.25) is 0 Å². The molecule has 1 aromatic carbocycles. The zero-order valence-corrected chi connectivity index (χ0v) is 12.4. The summed E-state index contributed by atoms with van der Waals surface area (Å²) in [5.41, 5.74) is 0.801. The topological polar surface area (TPSA) is 93.5 Å². The number of nitrogens with zero attached hydrogens (tertiary/aromatic N) is 1. The van der Waals surface area contributed by atoms with Gasteiger partial charge in [-0.05, 0) is 25.0 Å². The van der Waals surface area contributed by atoms with Crippen LogP contribution in [0.15, 0.2) is 24.3 Å². The lowest BCUT2D eigenvalue weighted by atomic mass is 9.96. The number of carbonyl (C=O) groups excluding carboxylic acids is 1. The number of nitro groups is 1. The smallest absolute Gasteiger partial charge is 0.407 e. The van der Waals surface area contributed by atoms with Crippen molar-refractivity contribution >= 4 is 17.5 Å². The lowest BCUT2D eigenvalue weighted by Gasteiger charge is -2.22. The number of nitro benzene ring substituents is 1. The molecule has 2 rings (SSSR count). The van der Waals surface area contributed by atoms with E-state index in [1.54, 1.807) is 12.1 Å². The first-order chi connectivity index (χ1) is 10.6. The molecule has 22 heavy (non-hydrogen) atoms. The Kier molecular flexibility index (Phi) is 6.00. The van der Waals surface area contributed by atoms with E-state index in [1.807, 2.05) is 0 Å². The molecule has 1 saturated carbocycles. The van der Waals surface area contributed by atoms with Gasteiger partial charge in [0.05, 0.1) is 4.92 Å². The zero-order valence-electron chi connectivity index (χ0n) is 12.4. The van der Waals surface area contributed by atoms with Gasteiger partial charge in [0.1, 0.15) is 6.61 Å². The molecule has 0 unspecified atom stereocenters. The van der Waals surface area contributed by atoms with Crippen molar-refractivity contribution < 1.29 is 14.5 Å². The number of anilines is 1. The Balaban J connectivity index is 1.61. The van der Waals surface area contributed by atoms with Gasteiger partial charge in [-0.25, -0.2) is 4.79 Å². The molecule has 0 bridgehead atoms. The normalized spacial score (nSPS) is 15.1. The van der Waals surface area contributed by atoms with Crippen LogP contribution in [0.2, 0.25) is 0 Å². The highest BCUT2D eigenvalue weighted by Crippen LogP contribution is 2.17. The van der Waals surface area contributed by atoms with Gasteiger partial charge >= 0.3 is 6.09 Å². The number of hydrogen-bond donors (Lipinski definition) is 2. The summed E-state index contributed by atoms with van der Waals surface area (Å²) in [6.07, 6.45) is 5.23. The van der Waals surface area contributed by atoms with Gasteiger partial charge in [0.25, 0.3) is 5.69 Å². The third-order valence-electron chi connectivity index (χ3n) is 3.67. The minimum Gasteiger partial charge on any atom is -0.448 e. The summed E-state index contributed by atoms with van der Waals surface area (Å²) in [6, 6.07) is 6.35. The molecule has 0 saturated heterocycles. The molecule has 1 aliphatic carbocycles. The summed E-state index contributed by atoms with van der Waals surface area (Å²) in [4.78, 5) is 21.7. The number of ether oxygens (including phenoxy) is 1. The number of alkyl carbamates (subject to hydrolysis) is 1. The lowest BCUT2D eigenvalue weighted by molar-refractivity contribution is -0.384. The van der Waals surface area contributed by atoms with Crippen molar-refractivity contribution in [2.75, 3.05) is 18.5 Å². The standard InChI is InChI=1S/C15H21N3O4/c19-15(17-13-4-2-1-3-5-13)22-11-10-16-12-6-8-14(9-7-12)18(20)21/h6-9,13,16H,1-5,10-11H2,(H,17,19). The Hall–Kier alpha value is -2.31. The Morgan fingerprint density at radius 3 is 2.55 bits per heavy atom. The molecule has 7 heteroatoms. The molecule has 0 spiro atoms. The second-order valence-corrected chi connectivity index (χ2v) is 5.35. The van der Waals surface area contributed by atoms with Crippen LogP contribution in [0.25, 0.3) is 0 Å². The largest absolute Gasteiger partial charge is 0.448 e. The maximum Gasteiger partial charge on any atom is 0.407 e. The molecule has 1 aromatic rings. The maximum atomic E-state index is 11.6. The van der Waals surface area contributed by atoms with Gasteiger partial charge in [-0.2, -0.15) is 0 Å². The molecule has 120 valence electrons. The number of amides is 1. The Labute approximate surface area is 129 Å². The second kappa shape index (κ2) is 8.21. The van der Waals surface area contributed by atoms with E-state index in [9.17, 15) is 14.9 Å². The van der Waals surface area contributed by atoms with Gasteiger partial charge in [-0.3, -0.25) is 10.1 Å². The second-order valence-electron chi connectivity index (χ2n) is 5.35. The summed E-state index contributed by atoms with van der Waals surface area (Å²) in [5, 5.41) is 16.4. The number of rotatable bonds is 6. The first-order valence-corrected chi connectivity index (χ1v) is 7.57. The molecule has 0 radical (unpaired) electrons. The van der Waals surface area contributed by atoms with E-state index >= 15 is 0 Å². The monoisotopic (exact) mass is 307 g/mol. The maximum absolute atomic E-state index is 11.6. The van der Waals surface area contributed by atoms with Crippen molar-refractivity contribution in [1.82, 2.24) is 5.32 Å². The molecule has 0 heterocycles. The molecule has 0 atom stereocenters. The average molecular weight is 307 g/mol. The molecule has 0 aromatic heterocycles. The molecule has 2 N–H and O–H groups in total. The van der Waals surface area contributed by atoms with Crippen molar-refractivity contribution in [2.45, 2.75) is 38.1 Å². The summed E-state index contributed by atoms with van der Waals surface area (Å²) in [6.45, 7) is 0.700. The Bertz CT molecular complexity index is 498. The first-order valence-electron chi connectivity index (χ1n) is 7.57. The number of non-ortho nitro benzene ring substituents is 1. The van der Waals surface area contributed by atoms with Crippen LogP contribution in [0, 0.1) is 10.1 Å². The van der Waals surface area contributed by atoms with E-state index in [0.29, 0.717) is 6.54 Å². The fourth-order valence-electron chi connectivity index (χ4n) is 2.50. The summed E-state index contributed by atoms with van der Waals surface area (Å²) >= 11 is 0. The van der Waals surface area contributed by atoms with Crippen molar-refractivity contribution in [2.24, 2.45) is 0 Å². The van der Waals surface area contributed by atoms with E-state index in [0.717, 1.165) is 31.4 Å². The SMILES string of the molecule is O=C(NC1CCCCC1)OCCNc1ccc([N+](=O)[O-])cc1. The average Bonchev–Trinajstić information content (AvgIpc) is 2.53. The third kappa shape index (κ3) is 5.23. The number of carbonyl (C=O) groups is 1. The quantitative estimate of drug-likeness (QED) is 0.478. The fraction of sp³-hybridized carbons (Fsp3) is 0.533. The van der Waals surface area contributed by atoms with Crippen LogP contribution >= 0.6 is 0 Å². The summed E-state index contributed by atoms with van der Waals surface area (Å²) in [7, 11) is 0. The number of nitrogens with one attached hydrogen (secondary N) is 2. The Morgan fingerprint density at radius 1 is 1.23 bits per heavy atom. The first kappa shape index (κ1) is 16.1. The van der Waals surface area contributed by atoms with E-state index in [4.69, 9.17) is 4.74 Å². The highest BCUT2D eigenvalue weighted by molar-refractivity contribution is 5.67. The molecule has 1 amide bonds. The van der Waals surface area contributed by atoms with Crippen LogP contribution in [-0.2, 0) is 4.74 Å². The summed E-state index contributed by atoms with van der Waals surface area (Å²) in [5.74, 6) is 0. The van der Waals surface area contributed by atoms with Crippen molar-refractivity contribution in [3.05, 3.63) is 34.4 Å². The van der Waals surface area contributed by atoms with Gasteiger partial charge in [0, 0.05) is 30.4 Å². The van der Waals surface area contributed by atoms with Gasteiger partial charge < -0.3 is 15.4 Å².